The molecule has 1 amide bonds. The van der Waals surface area contributed by atoms with Crippen LogP contribution in [0, 0.1) is 0 Å². The highest BCUT2D eigenvalue weighted by Gasteiger charge is 2.42. The lowest BCUT2D eigenvalue weighted by Gasteiger charge is -2.32. The summed E-state index contributed by atoms with van der Waals surface area (Å²) in [5.41, 5.74) is 3.08. The van der Waals surface area contributed by atoms with E-state index in [1.54, 1.807) is 12.1 Å². The third kappa shape index (κ3) is 3.97. The number of hydrogen-bond acceptors (Lipinski definition) is 4. The van der Waals surface area contributed by atoms with E-state index in [1.807, 2.05) is 71.6 Å². The molecule has 2 atom stereocenters. The van der Waals surface area contributed by atoms with Crippen molar-refractivity contribution >= 4 is 17.6 Å². The quantitative estimate of drug-likeness (QED) is 0.666. The fourth-order valence-corrected chi connectivity index (χ4v) is 4.55. The normalized spacial score (nSPS) is 20.2. The van der Waals surface area contributed by atoms with Gasteiger partial charge in [-0.15, -0.1) is 0 Å². The van der Waals surface area contributed by atoms with Crippen molar-refractivity contribution in [1.82, 2.24) is 4.90 Å². The Morgan fingerprint density at radius 3 is 2.34 bits per heavy atom. The maximum atomic E-state index is 13.8. The second-order valence-corrected chi connectivity index (χ2v) is 8.30. The van der Waals surface area contributed by atoms with Gasteiger partial charge in [0.25, 0.3) is 0 Å². The highest BCUT2D eigenvalue weighted by atomic mass is 16.5. The standard InChI is InChI=1S/C26H24N2O4/c29-25-23-14-21(17-27(23)15-19-10-12-20(13-11-19)26(30)31)32-24-9-5-4-8-22(24)28(25)16-18-6-2-1-3-7-18/h1-13,21,23H,14-17H2,(H,30,31)/t21-,23-/m0/s1. The van der Waals surface area contributed by atoms with Crippen molar-refractivity contribution in [3.63, 3.8) is 0 Å². The van der Waals surface area contributed by atoms with Gasteiger partial charge in [-0.05, 0) is 35.4 Å². The Morgan fingerprint density at radius 1 is 0.906 bits per heavy atom. The van der Waals surface area contributed by atoms with Gasteiger partial charge < -0.3 is 14.7 Å². The van der Waals surface area contributed by atoms with Crippen molar-refractivity contribution in [3.05, 3.63) is 95.6 Å². The van der Waals surface area contributed by atoms with Crippen LogP contribution in [-0.2, 0) is 17.9 Å². The SMILES string of the molecule is O=C(O)c1ccc(CN2C[C@@H]3C[C@H]2C(=O)N(Cc2ccccc2)c2ccccc2O3)cc1. The molecule has 3 aromatic rings. The molecule has 1 N–H and O–H groups in total. The van der Waals surface area contributed by atoms with Crippen LogP contribution >= 0.6 is 0 Å². The Kier molecular flexibility index (Phi) is 5.37. The van der Waals surface area contributed by atoms with Crippen LogP contribution in [0.5, 0.6) is 5.75 Å². The van der Waals surface area contributed by atoms with Crippen molar-refractivity contribution in [2.45, 2.75) is 31.7 Å². The second kappa shape index (κ2) is 8.48. The summed E-state index contributed by atoms with van der Waals surface area (Å²) in [6, 6.07) is 24.2. The van der Waals surface area contributed by atoms with E-state index in [2.05, 4.69) is 4.90 Å². The van der Waals surface area contributed by atoms with E-state index < -0.39 is 5.97 Å². The summed E-state index contributed by atoms with van der Waals surface area (Å²) in [5, 5.41) is 9.14. The van der Waals surface area contributed by atoms with Crippen LogP contribution in [0.4, 0.5) is 5.69 Å². The molecular formula is C26H24N2O4. The number of carboxylic acids is 1. The van der Waals surface area contributed by atoms with Gasteiger partial charge in [0.1, 0.15) is 11.9 Å². The first kappa shape index (κ1) is 20.3. The van der Waals surface area contributed by atoms with Crippen molar-refractivity contribution in [1.29, 1.82) is 0 Å². The average molecular weight is 428 g/mol. The number of aromatic carboxylic acids is 1. The van der Waals surface area contributed by atoms with Gasteiger partial charge in [0.15, 0.2) is 0 Å². The number of rotatable bonds is 5. The number of likely N-dealkylation sites (tertiary alicyclic amines) is 1. The van der Waals surface area contributed by atoms with Crippen molar-refractivity contribution < 1.29 is 19.4 Å². The number of amides is 1. The zero-order chi connectivity index (χ0) is 22.1. The number of carbonyl (C=O) groups is 2. The number of para-hydroxylation sites is 2. The summed E-state index contributed by atoms with van der Waals surface area (Å²) in [4.78, 5) is 28.9. The smallest absolute Gasteiger partial charge is 0.335 e. The number of hydrogen-bond donors (Lipinski definition) is 1. The zero-order valence-corrected chi connectivity index (χ0v) is 17.6. The molecule has 5 rings (SSSR count). The predicted octanol–water partition coefficient (Wildman–Crippen LogP) is 3.95. The average Bonchev–Trinajstić information content (AvgIpc) is 3.21. The van der Waals surface area contributed by atoms with Crippen LogP contribution in [0.1, 0.15) is 27.9 Å². The number of nitrogens with zero attached hydrogens (tertiary/aromatic N) is 2. The summed E-state index contributed by atoms with van der Waals surface area (Å²) in [5.74, 6) is -0.151. The minimum absolute atomic E-state index is 0.0641. The largest absolute Gasteiger partial charge is 0.487 e. The monoisotopic (exact) mass is 428 g/mol. The maximum Gasteiger partial charge on any atom is 0.335 e. The van der Waals surface area contributed by atoms with Crippen LogP contribution in [0.3, 0.4) is 0 Å². The first-order chi connectivity index (χ1) is 15.6. The highest BCUT2D eigenvalue weighted by Crippen LogP contribution is 2.37. The van der Waals surface area contributed by atoms with Gasteiger partial charge in [-0.25, -0.2) is 4.79 Å². The van der Waals surface area contributed by atoms with Crippen molar-refractivity contribution in [2.24, 2.45) is 0 Å². The first-order valence-electron chi connectivity index (χ1n) is 10.8. The van der Waals surface area contributed by atoms with Gasteiger partial charge in [-0.1, -0.05) is 54.6 Å². The van der Waals surface area contributed by atoms with Gasteiger partial charge >= 0.3 is 5.97 Å². The fourth-order valence-electron chi connectivity index (χ4n) is 4.55. The third-order valence-corrected chi connectivity index (χ3v) is 6.14. The van der Waals surface area contributed by atoms with Crippen molar-refractivity contribution in [3.8, 4) is 5.75 Å². The van der Waals surface area contributed by atoms with E-state index in [0.717, 1.165) is 22.6 Å². The molecule has 0 aromatic heterocycles. The Balaban J connectivity index is 1.44. The Morgan fingerprint density at radius 2 is 1.59 bits per heavy atom. The Hall–Kier alpha value is -3.64. The molecule has 32 heavy (non-hydrogen) atoms. The maximum absolute atomic E-state index is 13.8. The van der Waals surface area contributed by atoms with Gasteiger partial charge in [0, 0.05) is 19.5 Å². The van der Waals surface area contributed by atoms with E-state index in [9.17, 15) is 9.59 Å². The third-order valence-electron chi connectivity index (χ3n) is 6.14. The summed E-state index contributed by atoms with van der Waals surface area (Å²) in [6.07, 6.45) is 0.563. The van der Waals surface area contributed by atoms with Crippen LogP contribution < -0.4 is 9.64 Å². The van der Waals surface area contributed by atoms with E-state index in [1.165, 1.54) is 0 Å². The summed E-state index contributed by atoms with van der Waals surface area (Å²) in [7, 11) is 0. The number of carboxylic acid groups (broad SMARTS) is 1. The summed E-state index contributed by atoms with van der Waals surface area (Å²) < 4.78 is 6.35. The van der Waals surface area contributed by atoms with Crippen LogP contribution in [0.15, 0.2) is 78.9 Å². The molecule has 3 aromatic carbocycles. The van der Waals surface area contributed by atoms with E-state index in [4.69, 9.17) is 9.84 Å². The van der Waals surface area contributed by atoms with Crippen LogP contribution in [0.25, 0.3) is 0 Å². The van der Waals surface area contributed by atoms with Crippen LogP contribution in [-0.4, -0.2) is 40.6 Å². The van der Waals surface area contributed by atoms with Crippen LogP contribution in [0.2, 0.25) is 0 Å². The molecule has 0 aliphatic carbocycles. The molecule has 0 spiro atoms. The van der Waals surface area contributed by atoms with Crippen molar-refractivity contribution in [2.75, 3.05) is 11.4 Å². The summed E-state index contributed by atoms with van der Waals surface area (Å²) >= 11 is 0. The molecule has 0 radical (unpaired) electrons. The minimum atomic E-state index is -0.945. The molecule has 1 fully saturated rings. The number of carbonyl (C=O) groups excluding carboxylic acids is 1. The van der Waals surface area contributed by atoms with E-state index in [0.29, 0.717) is 26.1 Å². The van der Waals surface area contributed by atoms with Gasteiger partial charge in [0.2, 0.25) is 5.91 Å². The second-order valence-electron chi connectivity index (χ2n) is 8.30. The molecule has 2 aliphatic rings. The molecule has 0 unspecified atom stereocenters. The first-order valence-corrected chi connectivity index (χ1v) is 10.8. The van der Waals surface area contributed by atoms with Gasteiger partial charge in [-0.3, -0.25) is 9.69 Å². The molecule has 162 valence electrons. The fraction of sp³-hybridized carbons (Fsp3) is 0.231. The number of fused-ring (bicyclic) bond motifs is 3. The van der Waals surface area contributed by atoms with Gasteiger partial charge in [-0.2, -0.15) is 0 Å². The number of ether oxygens (including phenoxy) is 1. The highest BCUT2D eigenvalue weighted by molar-refractivity contribution is 5.99. The number of anilines is 1. The predicted molar refractivity (Wildman–Crippen MR) is 121 cm³/mol. The molecule has 2 bridgehead atoms. The van der Waals surface area contributed by atoms with E-state index >= 15 is 0 Å². The van der Waals surface area contributed by atoms with E-state index in [-0.39, 0.29) is 23.6 Å². The topological polar surface area (TPSA) is 70.1 Å². The molecule has 1 saturated heterocycles. The number of benzene rings is 3. The molecule has 6 heteroatoms. The Labute approximate surface area is 186 Å². The lowest BCUT2D eigenvalue weighted by molar-refractivity contribution is -0.123. The molecule has 2 heterocycles. The summed E-state index contributed by atoms with van der Waals surface area (Å²) in [6.45, 7) is 1.68. The molecule has 0 saturated carbocycles. The lowest BCUT2D eigenvalue weighted by Crippen LogP contribution is -2.45. The zero-order valence-electron chi connectivity index (χ0n) is 17.6. The lowest BCUT2D eigenvalue weighted by atomic mass is 10.1. The minimum Gasteiger partial charge on any atom is -0.487 e. The molecule has 6 nitrogen and oxygen atoms in total. The van der Waals surface area contributed by atoms with Gasteiger partial charge in [0.05, 0.1) is 23.8 Å². The Bertz CT molecular complexity index is 1130. The molecular weight excluding hydrogens is 404 g/mol. The molecule has 2 aliphatic heterocycles.